The number of carbonyl (C=O) groups is 2. The van der Waals surface area contributed by atoms with E-state index in [9.17, 15) is 19.1 Å². The van der Waals surface area contributed by atoms with Crippen LogP contribution in [0.15, 0.2) is 60.4 Å². The zero-order valence-electron chi connectivity index (χ0n) is 12.3. The van der Waals surface area contributed by atoms with Crippen LogP contribution in [0.2, 0.25) is 5.02 Å². The molecule has 2 aromatic rings. The number of anilines is 1. The number of benzene rings is 2. The Morgan fingerprint density at radius 2 is 1.62 bits per heavy atom. The fourth-order valence-corrected chi connectivity index (χ4v) is 2.07. The van der Waals surface area contributed by atoms with Crippen molar-refractivity contribution in [3.63, 3.8) is 0 Å². The van der Waals surface area contributed by atoms with Gasteiger partial charge in [0.2, 0.25) is 5.76 Å². The van der Waals surface area contributed by atoms with Crippen molar-refractivity contribution >= 4 is 29.2 Å². The molecule has 0 bridgehead atoms. The molecule has 124 valence electrons. The standard InChI is InChI=1S/C17H13ClFNO4/c18-12-3-7-14(8-4-12)20(16(22)9-15(21)17(23)24)10-11-1-5-13(19)6-2-11/h1-9,21H,10H2,(H,23,24). The summed E-state index contributed by atoms with van der Waals surface area (Å²) in [5.41, 5.74) is 1.08. The molecular weight excluding hydrogens is 337 g/mol. The Kier molecular flexibility index (Phi) is 5.55. The summed E-state index contributed by atoms with van der Waals surface area (Å²) >= 11 is 5.82. The topological polar surface area (TPSA) is 77.8 Å². The highest BCUT2D eigenvalue weighted by atomic mass is 35.5. The van der Waals surface area contributed by atoms with E-state index in [1.165, 1.54) is 29.2 Å². The largest absolute Gasteiger partial charge is 0.502 e. The Morgan fingerprint density at radius 3 is 2.17 bits per heavy atom. The lowest BCUT2D eigenvalue weighted by molar-refractivity contribution is -0.135. The third kappa shape index (κ3) is 4.57. The van der Waals surface area contributed by atoms with E-state index in [2.05, 4.69) is 0 Å². The van der Waals surface area contributed by atoms with Crippen LogP contribution in [-0.2, 0) is 16.1 Å². The zero-order valence-corrected chi connectivity index (χ0v) is 13.1. The van der Waals surface area contributed by atoms with Gasteiger partial charge in [0, 0.05) is 10.7 Å². The molecule has 0 saturated heterocycles. The molecule has 1 amide bonds. The van der Waals surface area contributed by atoms with Gasteiger partial charge in [-0.25, -0.2) is 9.18 Å². The van der Waals surface area contributed by atoms with Crippen molar-refractivity contribution in [2.24, 2.45) is 0 Å². The van der Waals surface area contributed by atoms with E-state index in [4.69, 9.17) is 16.7 Å². The van der Waals surface area contributed by atoms with Crippen LogP contribution in [0, 0.1) is 5.82 Å². The first kappa shape index (κ1) is 17.5. The number of aliphatic hydroxyl groups excluding tert-OH is 1. The van der Waals surface area contributed by atoms with Gasteiger partial charge < -0.3 is 15.1 Å². The molecule has 0 aromatic heterocycles. The number of amides is 1. The van der Waals surface area contributed by atoms with Crippen LogP contribution in [0.3, 0.4) is 0 Å². The van der Waals surface area contributed by atoms with Crippen LogP contribution in [0.4, 0.5) is 10.1 Å². The van der Waals surface area contributed by atoms with Crippen molar-refractivity contribution in [3.8, 4) is 0 Å². The monoisotopic (exact) mass is 349 g/mol. The first-order valence-corrected chi connectivity index (χ1v) is 7.20. The number of rotatable bonds is 5. The maximum atomic E-state index is 13.0. The molecule has 2 aromatic carbocycles. The number of carboxylic acid groups (broad SMARTS) is 1. The van der Waals surface area contributed by atoms with E-state index in [1.807, 2.05) is 0 Å². The molecule has 0 heterocycles. The molecule has 0 aliphatic carbocycles. The van der Waals surface area contributed by atoms with Crippen molar-refractivity contribution in [2.45, 2.75) is 6.54 Å². The molecular formula is C17H13ClFNO4. The summed E-state index contributed by atoms with van der Waals surface area (Å²) in [6.07, 6.45) is 0.612. The minimum Gasteiger partial charge on any atom is -0.502 e. The number of carbonyl (C=O) groups excluding carboxylic acids is 1. The Labute approximate surface area is 142 Å². The third-order valence-electron chi connectivity index (χ3n) is 3.14. The molecule has 0 fully saturated rings. The molecule has 24 heavy (non-hydrogen) atoms. The maximum absolute atomic E-state index is 13.0. The second-order valence-electron chi connectivity index (χ2n) is 4.86. The van der Waals surface area contributed by atoms with Gasteiger partial charge >= 0.3 is 5.97 Å². The molecule has 0 aliphatic heterocycles. The molecule has 0 atom stereocenters. The highest BCUT2D eigenvalue weighted by Gasteiger charge is 2.17. The van der Waals surface area contributed by atoms with Gasteiger partial charge in [-0.05, 0) is 42.0 Å². The molecule has 2 N–H and O–H groups in total. The SMILES string of the molecule is O=C(O)C(O)=CC(=O)N(Cc1ccc(F)cc1)c1ccc(Cl)cc1. The predicted octanol–water partition coefficient (Wildman–Crippen LogP) is 3.54. The summed E-state index contributed by atoms with van der Waals surface area (Å²) < 4.78 is 13.0. The van der Waals surface area contributed by atoms with Crippen LogP contribution in [0.25, 0.3) is 0 Å². The molecule has 0 radical (unpaired) electrons. The van der Waals surface area contributed by atoms with Crippen LogP contribution in [0.5, 0.6) is 0 Å². The fourth-order valence-electron chi connectivity index (χ4n) is 1.95. The fraction of sp³-hybridized carbons (Fsp3) is 0.0588. The van der Waals surface area contributed by atoms with E-state index < -0.39 is 23.5 Å². The molecule has 0 spiro atoms. The summed E-state index contributed by atoms with van der Waals surface area (Å²) in [4.78, 5) is 24.3. The molecule has 2 rings (SSSR count). The first-order chi connectivity index (χ1) is 11.4. The predicted molar refractivity (Wildman–Crippen MR) is 87.4 cm³/mol. The van der Waals surface area contributed by atoms with Gasteiger partial charge in [-0.2, -0.15) is 0 Å². The smallest absolute Gasteiger partial charge is 0.371 e. The highest BCUT2D eigenvalue weighted by molar-refractivity contribution is 6.30. The lowest BCUT2D eigenvalue weighted by Gasteiger charge is -2.21. The van der Waals surface area contributed by atoms with Crippen molar-refractivity contribution in [2.75, 3.05) is 4.90 Å². The third-order valence-corrected chi connectivity index (χ3v) is 3.39. The Hall–Kier alpha value is -2.86. The lowest BCUT2D eigenvalue weighted by atomic mass is 10.2. The second-order valence-corrected chi connectivity index (χ2v) is 5.30. The zero-order chi connectivity index (χ0) is 17.7. The normalized spacial score (nSPS) is 11.2. The average Bonchev–Trinajstić information content (AvgIpc) is 2.55. The quantitative estimate of drug-likeness (QED) is 0.639. The van der Waals surface area contributed by atoms with Gasteiger partial charge in [0.05, 0.1) is 12.6 Å². The minimum absolute atomic E-state index is 0.0597. The van der Waals surface area contributed by atoms with E-state index >= 15 is 0 Å². The van der Waals surface area contributed by atoms with Gasteiger partial charge in [-0.15, -0.1) is 0 Å². The Morgan fingerprint density at radius 1 is 1.04 bits per heavy atom. The number of aliphatic hydroxyl groups is 1. The average molecular weight is 350 g/mol. The first-order valence-electron chi connectivity index (χ1n) is 6.82. The number of hydrogen-bond acceptors (Lipinski definition) is 3. The summed E-state index contributed by atoms with van der Waals surface area (Å²) in [5.74, 6) is -3.83. The van der Waals surface area contributed by atoms with Gasteiger partial charge in [-0.3, -0.25) is 4.79 Å². The van der Waals surface area contributed by atoms with Crippen LogP contribution in [0.1, 0.15) is 5.56 Å². The molecule has 0 saturated carbocycles. The van der Waals surface area contributed by atoms with E-state index in [0.717, 1.165) is 0 Å². The number of nitrogens with zero attached hydrogens (tertiary/aromatic N) is 1. The molecule has 7 heteroatoms. The second kappa shape index (κ2) is 7.61. The molecule has 5 nitrogen and oxygen atoms in total. The number of carboxylic acids is 1. The Bertz CT molecular complexity index is 772. The van der Waals surface area contributed by atoms with Crippen molar-refractivity contribution < 1.29 is 24.2 Å². The van der Waals surface area contributed by atoms with Gasteiger partial charge in [0.1, 0.15) is 5.82 Å². The van der Waals surface area contributed by atoms with E-state index in [1.54, 1.807) is 24.3 Å². The summed E-state index contributed by atoms with van der Waals surface area (Å²) in [6, 6.07) is 11.8. The van der Waals surface area contributed by atoms with Crippen molar-refractivity contribution in [3.05, 3.63) is 76.8 Å². The van der Waals surface area contributed by atoms with Crippen molar-refractivity contribution in [1.82, 2.24) is 0 Å². The van der Waals surface area contributed by atoms with Crippen molar-refractivity contribution in [1.29, 1.82) is 0 Å². The van der Waals surface area contributed by atoms with Crippen LogP contribution >= 0.6 is 11.6 Å². The van der Waals surface area contributed by atoms with Crippen LogP contribution < -0.4 is 4.90 Å². The summed E-state index contributed by atoms with van der Waals surface area (Å²) in [5, 5.41) is 18.4. The molecule has 0 unspecified atom stereocenters. The molecule has 0 aliphatic rings. The van der Waals surface area contributed by atoms with Crippen LogP contribution in [-0.4, -0.2) is 22.1 Å². The summed E-state index contributed by atoms with van der Waals surface area (Å²) in [7, 11) is 0. The van der Waals surface area contributed by atoms with E-state index in [0.29, 0.717) is 22.3 Å². The highest BCUT2D eigenvalue weighted by Crippen LogP contribution is 2.21. The number of hydrogen-bond donors (Lipinski definition) is 2. The number of aliphatic carboxylic acids is 1. The van der Waals surface area contributed by atoms with Gasteiger partial charge in [0.25, 0.3) is 5.91 Å². The van der Waals surface area contributed by atoms with Gasteiger partial charge in [-0.1, -0.05) is 23.7 Å². The Balaban J connectivity index is 2.35. The number of halogens is 2. The van der Waals surface area contributed by atoms with Gasteiger partial charge in [0.15, 0.2) is 0 Å². The maximum Gasteiger partial charge on any atom is 0.371 e. The van der Waals surface area contributed by atoms with E-state index in [-0.39, 0.29) is 6.54 Å². The summed E-state index contributed by atoms with van der Waals surface area (Å²) in [6.45, 7) is 0.0597. The lowest BCUT2D eigenvalue weighted by Crippen LogP contribution is -2.29. The minimum atomic E-state index is -1.61.